The molecule has 0 fully saturated rings. The van der Waals surface area contributed by atoms with Crippen LogP contribution >= 0.6 is 12.4 Å². The van der Waals surface area contributed by atoms with Crippen LogP contribution in [0.4, 0.5) is 0 Å². The van der Waals surface area contributed by atoms with Crippen molar-refractivity contribution in [3.05, 3.63) is 28.4 Å². The number of rotatable bonds is 6. The molecule has 0 saturated carbocycles. The van der Waals surface area contributed by atoms with E-state index in [9.17, 15) is 9.90 Å². The van der Waals surface area contributed by atoms with Crippen molar-refractivity contribution in [1.82, 2.24) is 20.3 Å². The van der Waals surface area contributed by atoms with Crippen LogP contribution in [-0.2, 0) is 6.54 Å². The highest BCUT2D eigenvalue weighted by Crippen LogP contribution is 2.11. The number of nitrogens with one attached hydrogen (secondary N) is 3. The van der Waals surface area contributed by atoms with Crippen molar-refractivity contribution < 1.29 is 15.3 Å². The van der Waals surface area contributed by atoms with E-state index >= 15 is 0 Å². The van der Waals surface area contributed by atoms with Gasteiger partial charge in [-0.05, 0) is 0 Å². The van der Waals surface area contributed by atoms with Gasteiger partial charge in [0.05, 0.1) is 37.2 Å². The van der Waals surface area contributed by atoms with Crippen LogP contribution in [0.2, 0.25) is 0 Å². The summed E-state index contributed by atoms with van der Waals surface area (Å²) in [5.41, 5.74) is 1.39. The largest absolute Gasteiger partial charge is 0.395 e. The molecular formula is C11H17ClN4O4. The Morgan fingerprint density at radius 3 is 2.70 bits per heavy atom. The Labute approximate surface area is 120 Å². The first-order valence-electron chi connectivity index (χ1n) is 5.84. The van der Waals surface area contributed by atoms with Crippen molar-refractivity contribution in [2.75, 3.05) is 13.2 Å². The fourth-order valence-electron chi connectivity index (χ4n) is 1.83. The third kappa shape index (κ3) is 3.35. The SMILES string of the molecule is Cl.O=c1[nH]cnc2c(CNC(CO)C(O)CO)c[nH]c12. The summed E-state index contributed by atoms with van der Waals surface area (Å²) in [4.78, 5) is 20.8. The van der Waals surface area contributed by atoms with Gasteiger partial charge in [0.1, 0.15) is 5.52 Å². The molecule has 112 valence electrons. The van der Waals surface area contributed by atoms with Crippen LogP contribution in [0.15, 0.2) is 17.3 Å². The molecule has 0 radical (unpaired) electrons. The monoisotopic (exact) mass is 304 g/mol. The zero-order valence-corrected chi connectivity index (χ0v) is 11.4. The second-order valence-electron chi connectivity index (χ2n) is 4.19. The van der Waals surface area contributed by atoms with E-state index < -0.39 is 18.8 Å². The standard InChI is InChI=1S/C11H16N4O4.ClH/c16-3-7(8(18)4-17)12-1-6-2-13-10-9(6)14-5-15-11(10)19;/h2,5,7-8,12-13,16-18H,1,3-4H2,(H,14,15,19);1H. The number of aliphatic hydroxyl groups excluding tert-OH is 3. The molecule has 2 aromatic rings. The van der Waals surface area contributed by atoms with E-state index in [1.54, 1.807) is 6.20 Å². The highest BCUT2D eigenvalue weighted by atomic mass is 35.5. The summed E-state index contributed by atoms with van der Waals surface area (Å²) < 4.78 is 0. The lowest BCUT2D eigenvalue weighted by molar-refractivity contribution is 0.0411. The van der Waals surface area contributed by atoms with Crippen LogP contribution in [0.5, 0.6) is 0 Å². The fraction of sp³-hybridized carbons (Fsp3) is 0.455. The van der Waals surface area contributed by atoms with Crippen LogP contribution in [0.1, 0.15) is 5.56 Å². The lowest BCUT2D eigenvalue weighted by atomic mass is 10.1. The molecular weight excluding hydrogens is 288 g/mol. The maximum Gasteiger partial charge on any atom is 0.275 e. The Morgan fingerprint density at radius 1 is 1.30 bits per heavy atom. The molecule has 0 aliphatic heterocycles. The molecule has 0 bridgehead atoms. The number of nitrogens with zero attached hydrogens (tertiary/aromatic N) is 1. The molecule has 2 aromatic heterocycles. The second kappa shape index (κ2) is 7.36. The highest BCUT2D eigenvalue weighted by Gasteiger charge is 2.17. The first kappa shape index (κ1) is 16.6. The minimum atomic E-state index is -1.05. The molecule has 8 nitrogen and oxygen atoms in total. The highest BCUT2D eigenvalue weighted by molar-refractivity contribution is 5.85. The number of hydrogen-bond acceptors (Lipinski definition) is 6. The number of aliphatic hydroxyl groups is 3. The van der Waals surface area contributed by atoms with E-state index in [-0.39, 0.29) is 24.6 Å². The summed E-state index contributed by atoms with van der Waals surface area (Å²) >= 11 is 0. The van der Waals surface area contributed by atoms with Crippen molar-refractivity contribution in [3.63, 3.8) is 0 Å². The second-order valence-corrected chi connectivity index (χ2v) is 4.19. The van der Waals surface area contributed by atoms with Gasteiger partial charge in [0.2, 0.25) is 0 Å². The van der Waals surface area contributed by atoms with Crippen LogP contribution < -0.4 is 10.9 Å². The molecule has 0 aliphatic carbocycles. The molecule has 0 spiro atoms. The van der Waals surface area contributed by atoms with Crippen molar-refractivity contribution >= 4 is 23.4 Å². The van der Waals surface area contributed by atoms with Gasteiger partial charge in [0, 0.05) is 18.3 Å². The maximum absolute atomic E-state index is 11.5. The van der Waals surface area contributed by atoms with Crippen LogP contribution in [0.25, 0.3) is 11.0 Å². The molecule has 0 aromatic carbocycles. The van der Waals surface area contributed by atoms with Crippen molar-refractivity contribution in [2.45, 2.75) is 18.7 Å². The molecule has 0 saturated heterocycles. The summed E-state index contributed by atoms with van der Waals surface area (Å²) in [6, 6.07) is -0.642. The average molecular weight is 305 g/mol. The molecule has 20 heavy (non-hydrogen) atoms. The zero-order valence-electron chi connectivity index (χ0n) is 10.5. The third-order valence-electron chi connectivity index (χ3n) is 2.95. The molecule has 6 N–H and O–H groups in total. The van der Waals surface area contributed by atoms with E-state index in [0.29, 0.717) is 17.6 Å². The number of aromatic nitrogens is 3. The number of halogens is 1. The molecule has 2 heterocycles. The van der Waals surface area contributed by atoms with Crippen LogP contribution in [-0.4, -0.2) is 55.6 Å². The van der Waals surface area contributed by atoms with Gasteiger partial charge in [-0.1, -0.05) is 0 Å². The summed E-state index contributed by atoms with van der Waals surface area (Å²) in [7, 11) is 0. The third-order valence-corrected chi connectivity index (χ3v) is 2.95. The van der Waals surface area contributed by atoms with Crippen LogP contribution in [0, 0.1) is 0 Å². The number of aromatic amines is 2. The van der Waals surface area contributed by atoms with Gasteiger partial charge in [-0.25, -0.2) is 4.98 Å². The molecule has 2 rings (SSSR count). The smallest absolute Gasteiger partial charge is 0.275 e. The number of fused-ring (bicyclic) bond motifs is 1. The summed E-state index contributed by atoms with van der Waals surface area (Å²) in [5, 5.41) is 30.3. The van der Waals surface area contributed by atoms with Gasteiger partial charge in [-0.3, -0.25) is 4.79 Å². The predicted molar refractivity (Wildman–Crippen MR) is 74.8 cm³/mol. The summed E-state index contributed by atoms with van der Waals surface area (Å²) in [5.74, 6) is 0. The van der Waals surface area contributed by atoms with Gasteiger partial charge >= 0.3 is 0 Å². The first-order chi connectivity index (χ1) is 9.17. The topological polar surface area (TPSA) is 134 Å². The van der Waals surface area contributed by atoms with Crippen molar-refractivity contribution in [2.24, 2.45) is 0 Å². The van der Waals surface area contributed by atoms with Gasteiger partial charge in [-0.2, -0.15) is 0 Å². The average Bonchev–Trinajstić information content (AvgIpc) is 2.84. The minimum Gasteiger partial charge on any atom is -0.395 e. The Kier molecular flexibility index (Phi) is 6.11. The van der Waals surface area contributed by atoms with E-state index in [1.807, 2.05) is 0 Å². The Balaban J connectivity index is 0.00000200. The van der Waals surface area contributed by atoms with Crippen LogP contribution in [0.3, 0.4) is 0 Å². The maximum atomic E-state index is 11.5. The normalized spacial score (nSPS) is 13.9. The molecule has 0 amide bonds. The van der Waals surface area contributed by atoms with Gasteiger partial charge in [0.15, 0.2) is 0 Å². The summed E-state index contributed by atoms with van der Waals surface area (Å²) in [6.07, 6.45) is 1.90. The molecule has 2 unspecified atom stereocenters. The van der Waals surface area contributed by atoms with E-state index in [4.69, 9.17) is 10.2 Å². The summed E-state index contributed by atoms with van der Waals surface area (Å²) in [6.45, 7) is -0.444. The first-order valence-corrected chi connectivity index (χ1v) is 5.84. The van der Waals surface area contributed by atoms with Crippen molar-refractivity contribution in [3.8, 4) is 0 Å². The van der Waals surface area contributed by atoms with Gasteiger partial charge in [-0.15, -0.1) is 12.4 Å². The quantitative estimate of drug-likeness (QED) is 0.384. The Morgan fingerprint density at radius 2 is 2.05 bits per heavy atom. The van der Waals surface area contributed by atoms with Crippen molar-refractivity contribution in [1.29, 1.82) is 0 Å². The lowest BCUT2D eigenvalue weighted by Gasteiger charge is -2.20. The lowest BCUT2D eigenvalue weighted by Crippen LogP contribution is -2.44. The predicted octanol–water partition coefficient (Wildman–Crippen LogP) is -1.52. The fourth-order valence-corrected chi connectivity index (χ4v) is 1.83. The molecule has 2 atom stereocenters. The van der Waals surface area contributed by atoms with E-state index in [0.717, 1.165) is 5.56 Å². The number of H-pyrrole nitrogens is 2. The molecule has 0 aliphatic rings. The Hall–Kier alpha value is -1.45. The number of hydrogen-bond donors (Lipinski definition) is 6. The van der Waals surface area contributed by atoms with E-state index in [2.05, 4.69) is 20.3 Å². The Bertz CT molecular complexity index is 599. The van der Waals surface area contributed by atoms with Gasteiger partial charge in [0.25, 0.3) is 5.56 Å². The zero-order chi connectivity index (χ0) is 13.8. The minimum absolute atomic E-state index is 0. The van der Waals surface area contributed by atoms with E-state index in [1.165, 1.54) is 6.33 Å². The van der Waals surface area contributed by atoms with Gasteiger partial charge < -0.3 is 30.6 Å². The molecule has 9 heteroatoms.